The molecule has 196 valence electrons. The van der Waals surface area contributed by atoms with Crippen molar-refractivity contribution >= 4 is 17.4 Å². The number of nitrogens with two attached hydrogens (primary N) is 1. The number of aromatic nitrogens is 3. The molecule has 0 bridgehead atoms. The van der Waals surface area contributed by atoms with Gasteiger partial charge in [-0.3, -0.25) is 4.98 Å². The molecule has 0 fully saturated rings. The molecule has 0 aliphatic heterocycles. The molecule has 2 aromatic heterocycles. The molecule has 0 amide bonds. The second-order valence-electron chi connectivity index (χ2n) is 8.00. The highest BCUT2D eigenvalue weighted by atomic mass is 19.3. The molecule has 0 saturated carbocycles. The van der Waals surface area contributed by atoms with E-state index in [2.05, 4.69) is 25.5 Å². The molecule has 0 unspecified atom stereocenters. The number of aryl methyl sites for hydroxylation is 1. The Morgan fingerprint density at radius 3 is 2.54 bits per heavy atom. The van der Waals surface area contributed by atoms with Gasteiger partial charge in [0.2, 0.25) is 11.8 Å². The number of nitrogens with zero attached hydrogens (tertiary/aromatic N) is 4. The first-order valence-corrected chi connectivity index (χ1v) is 11.5. The Labute approximate surface area is 212 Å². The lowest BCUT2D eigenvalue weighted by atomic mass is 9.99. The minimum absolute atomic E-state index is 0.0126. The van der Waals surface area contributed by atoms with E-state index in [-0.39, 0.29) is 47.7 Å². The minimum Gasteiger partial charge on any atom is -0.470 e. The van der Waals surface area contributed by atoms with Gasteiger partial charge in [0.05, 0.1) is 17.0 Å². The van der Waals surface area contributed by atoms with Gasteiger partial charge < -0.3 is 26.4 Å². The normalized spacial score (nSPS) is 11.6. The van der Waals surface area contributed by atoms with Crippen LogP contribution in [0.3, 0.4) is 0 Å². The number of aliphatic hydroxyl groups excluding tert-OH is 1. The topological polar surface area (TPSA) is 142 Å². The van der Waals surface area contributed by atoms with Gasteiger partial charge in [-0.15, -0.1) is 0 Å². The molecule has 2 heterocycles. The van der Waals surface area contributed by atoms with Crippen LogP contribution in [-0.4, -0.2) is 51.2 Å². The van der Waals surface area contributed by atoms with Gasteiger partial charge >= 0.3 is 0 Å². The van der Waals surface area contributed by atoms with E-state index in [1.165, 1.54) is 30.3 Å². The van der Waals surface area contributed by atoms with Gasteiger partial charge in [-0.2, -0.15) is 10.1 Å². The van der Waals surface area contributed by atoms with E-state index < -0.39 is 17.9 Å². The fraction of sp³-hybridized carbons (Fsp3) is 0.320. The van der Waals surface area contributed by atoms with Gasteiger partial charge in [-0.1, -0.05) is 6.92 Å². The van der Waals surface area contributed by atoms with Crippen molar-refractivity contribution in [2.24, 2.45) is 5.10 Å². The van der Waals surface area contributed by atoms with E-state index in [9.17, 15) is 13.2 Å². The van der Waals surface area contributed by atoms with Crippen LogP contribution in [0.1, 0.15) is 37.6 Å². The zero-order chi connectivity index (χ0) is 26.9. The summed E-state index contributed by atoms with van der Waals surface area (Å²) in [6.45, 7) is 3.57. The van der Waals surface area contributed by atoms with Gasteiger partial charge in [0.1, 0.15) is 23.8 Å². The summed E-state index contributed by atoms with van der Waals surface area (Å²) in [6, 6.07) is 8.25. The monoisotopic (exact) mass is 515 g/mol. The average Bonchev–Trinajstić information content (AvgIpc) is 2.87. The number of hydrazone groups is 1. The van der Waals surface area contributed by atoms with Gasteiger partial charge in [-0.25, -0.2) is 18.2 Å². The molecule has 5 N–H and O–H groups in total. The van der Waals surface area contributed by atoms with Crippen molar-refractivity contribution in [3.63, 3.8) is 0 Å². The molecule has 12 heteroatoms. The second-order valence-corrected chi connectivity index (χ2v) is 8.00. The van der Waals surface area contributed by atoms with Crippen LogP contribution in [0, 0.1) is 18.2 Å². The number of ether oxygens (including phenoxy) is 1. The summed E-state index contributed by atoms with van der Waals surface area (Å²) in [5, 5.41) is 21.4. The number of anilines is 1. The Bertz CT molecular complexity index is 1270. The zero-order valence-electron chi connectivity index (χ0n) is 20.4. The van der Waals surface area contributed by atoms with Crippen molar-refractivity contribution in [2.75, 3.05) is 25.5 Å². The number of hydrogen-bond donors (Lipinski definition) is 4. The van der Waals surface area contributed by atoms with Crippen molar-refractivity contribution in [2.45, 2.75) is 33.1 Å². The lowest BCUT2D eigenvalue weighted by molar-refractivity contribution is 0.146. The van der Waals surface area contributed by atoms with Crippen LogP contribution in [0.2, 0.25) is 0 Å². The molecule has 37 heavy (non-hydrogen) atoms. The predicted molar refractivity (Wildman–Crippen MR) is 135 cm³/mol. The number of rotatable bonds is 12. The summed E-state index contributed by atoms with van der Waals surface area (Å²) in [4.78, 5) is 12.4. The van der Waals surface area contributed by atoms with Crippen LogP contribution in [0.15, 0.2) is 41.5 Å². The Kier molecular flexibility index (Phi) is 9.50. The van der Waals surface area contributed by atoms with Crippen molar-refractivity contribution < 1.29 is 23.0 Å². The fourth-order valence-electron chi connectivity index (χ4n) is 3.43. The standard InChI is InChI=1S/C25H28F3N7O2/c1-3-18(29)20(35-31-9-4-10-36)13-37-24-21(16-11-14(2)32-19(12-16)23(27)28)22(33-25(30)34-24)15-5-7-17(26)8-6-15/h5-8,11-12,23,29,31,36H,3-4,9-10,13H2,1-2H3,(H2,30,33,34)/b29-18?,35-20-. The molecule has 0 radical (unpaired) electrons. The summed E-state index contributed by atoms with van der Waals surface area (Å²) in [5.74, 6) is -0.635. The number of benzene rings is 1. The summed E-state index contributed by atoms with van der Waals surface area (Å²) >= 11 is 0. The van der Waals surface area contributed by atoms with Crippen molar-refractivity contribution in [1.82, 2.24) is 20.4 Å². The largest absolute Gasteiger partial charge is 0.470 e. The summed E-state index contributed by atoms with van der Waals surface area (Å²) in [7, 11) is 0. The second kappa shape index (κ2) is 12.8. The quantitative estimate of drug-likeness (QED) is 0.160. The smallest absolute Gasteiger partial charge is 0.280 e. The van der Waals surface area contributed by atoms with Gasteiger partial charge in [-0.05, 0) is 61.7 Å². The maximum atomic E-state index is 13.6. The fourth-order valence-corrected chi connectivity index (χ4v) is 3.43. The molecule has 3 aromatic rings. The Morgan fingerprint density at radius 1 is 1.16 bits per heavy atom. The Hall–Kier alpha value is -4.06. The zero-order valence-corrected chi connectivity index (χ0v) is 20.4. The van der Waals surface area contributed by atoms with Crippen molar-refractivity contribution in [3.8, 4) is 28.3 Å². The third-order valence-electron chi connectivity index (χ3n) is 5.20. The number of pyridine rings is 1. The number of nitrogens with one attached hydrogen (secondary N) is 2. The lowest BCUT2D eigenvalue weighted by Gasteiger charge is -2.17. The SMILES string of the molecule is CCC(=N)/C(COc1nc(N)nc(-c2ccc(F)cc2)c1-c1cc(C)nc(C(F)F)c1)=N\NCCCO. The average molecular weight is 516 g/mol. The third-order valence-corrected chi connectivity index (χ3v) is 5.20. The van der Waals surface area contributed by atoms with Crippen molar-refractivity contribution in [3.05, 3.63) is 53.6 Å². The number of alkyl halides is 2. The molecule has 9 nitrogen and oxygen atoms in total. The molecule has 0 aliphatic carbocycles. The number of halogens is 3. The van der Waals surface area contributed by atoms with Crippen LogP contribution < -0.4 is 15.9 Å². The summed E-state index contributed by atoms with van der Waals surface area (Å²) in [5.41, 5.74) is 10.4. The molecule has 0 spiro atoms. The lowest BCUT2D eigenvalue weighted by Crippen LogP contribution is -2.25. The third kappa shape index (κ3) is 7.23. The van der Waals surface area contributed by atoms with Crippen LogP contribution >= 0.6 is 0 Å². The first-order chi connectivity index (χ1) is 17.7. The molecular formula is C25H28F3N7O2. The summed E-state index contributed by atoms with van der Waals surface area (Å²) in [6.07, 6.45) is -1.97. The van der Waals surface area contributed by atoms with E-state index in [1.54, 1.807) is 19.9 Å². The highest BCUT2D eigenvalue weighted by Crippen LogP contribution is 2.39. The molecule has 0 saturated heterocycles. The van der Waals surface area contributed by atoms with Gasteiger partial charge in [0.25, 0.3) is 6.43 Å². The van der Waals surface area contributed by atoms with E-state index in [0.717, 1.165) is 0 Å². The van der Waals surface area contributed by atoms with Crippen molar-refractivity contribution in [1.29, 1.82) is 5.41 Å². The first kappa shape index (κ1) is 27.5. The maximum absolute atomic E-state index is 13.6. The number of hydrogen-bond acceptors (Lipinski definition) is 9. The van der Waals surface area contributed by atoms with E-state index in [0.29, 0.717) is 36.2 Å². The van der Waals surface area contributed by atoms with Crippen LogP contribution in [-0.2, 0) is 0 Å². The molecule has 0 aliphatic rings. The molecule has 0 atom stereocenters. The Morgan fingerprint density at radius 2 is 1.89 bits per heavy atom. The van der Waals surface area contributed by atoms with E-state index in [4.69, 9.17) is 21.0 Å². The van der Waals surface area contributed by atoms with Crippen LogP contribution in [0.4, 0.5) is 19.1 Å². The number of nitrogen functional groups attached to an aromatic ring is 1. The number of aliphatic hydroxyl groups is 1. The van der Waals surface area contributed by atoms with Gasteiger partial charge in [0.15, 0.2) is 0 Å². The molecule has 1 aromatic carbocycles. The molecular weight excluding hydrogens is 487 g/mol. The van der Waals surface area contributed by atoms with E-state index >= 15 is 0 Å². The minimum atomic E-state index is -2.82. The predicted octanol–water partition coefficient (Wildman–Crippen LogP) is 4.31. The molecule has 3 rings (SSSR count). The maximum Gasteiger partial charge on any atom is 0.280 e. The first-order valence-electron chi connectivity index (χ1n) is 11.5. The van der Waals surface area contributed by atoms with Crippen LogP contribution in [0.5, 0.6) is 5.88 Å². The summed E-state index contributed by atoms with van der Waals surface area (Å²) < 4.78 is 46.8. The van der Waals surface area contributed by atoms with E-state index in [1.807, 2.05) is 0 Å². The highest BCUT2D eigenvalue weighted by Gasteiger charge is 2.22. The van der Waals surface area contributed by atoms with Crippen LogP contribution in [0.25, 0.3) is 22.4 Å². The van der Waals surface area contributed by atoms with Gasteiger partial charge in [0, 0.05) is 24.4 Å². The Balaban J connectivity index is 2.13. The highest BCUT2D eigenvalue weighted by molar-refractivity contribution is 6.41.